The Morgan fingerprint density at radius 1 is 1.50 bits per heavy atom. The quantitative estimate of drug-likeness (QED) is 0.710. The zero-order valence-corrected chi connectivity index (χ0v) is 8.63. The van der Waals surface area contributed by atoms with Crippen LogP contribution in [-0.2, 0) is 4.79 Å². The lowest BCUT2D eigenvalue weighted by atomic mass is 9.98. The number of carbonyl (C=O) groups is 1. The summed E-state index contributed by atoms with van der Waals surface area (Å²) in [5, 5.41) is 17.2. The van der Waals surface area contributed by atoms with Crippen molar-refractivity contribution in [2.45, 2.75) is 5.92 Å². The fourth-order valence-corrected chi connectivity index (χ4v) is 1.42. The van der Waals surface area contributed by atoms with Crippen molar-refractivity contribution in [3.63, 3.8) is 0 Å². The van der Waals surface area contributed by atoms with Crippen molar-refractivity contribution in [3.8, 4) is 5.75 Å². The molecule has 0 saturated heterocycles. The van der Waals surface area contributed by atoms with Gasteiger partial charge in [0.05, 0.1) is 10.9 Å². The second kappa shape index (κ2) is 4.63. The predicted octanol–water partition coefficient (Wildman–Crippen LogP) is 1.45. The first-order valence-electron chi connectivity index (χ1n) is 4.19. The smallest absolute Gasteiger partial charge is 0.312 e. The van der Waals surface area contributed by atoms with Crippen LogP contribution in [0.5, 0.6) is 5.75 Å². The van der Waals surface area contributed by atoms with Gasteiger partial charge in [0.1, 0.15) is 0 Å². The molecule has 0 saturated carbocycles. The molecule has 16 heavy (non-hydrogen) atoms. The Hall–Kier alpha value is -1.40. The van der Waals surface area contributed by atoms with Gasteiger partial charge in [-0.1, -0.05) is 11.6 Å². The van der Waals surface area contributed by atoms with Crippen LogP contribution in [0, 0.1) is 11.6 Å². The third-order valence-corrected chi connectivity index (χ3v) is 2.36. The summed E-state index contributed by atoms with van der Waals surface area (Å²) in [5.41, 5.74) is 4.65. The molecular formula is C9H8ClF2NO3. The van der Waals surface area contributed by atoms with Crippen LogP contribution in [0.3, 0.4) is 0 Å². The van der Waals surface area contributed by atoms with E-state index in [1.54, 1.807) is 0 Å². The van der Waals surface area contributed by atoms with Crippen molar-refractivity contribution in [2.75, 3.05) is 6.54 Å². The van der Waals surface area contributed by atoms with Crippen LogP contribution in [0.4, 0.5) is 8.78 Å². The van der Waals surface area contributed by atoms with Gasteiger partial charge in [-0.25, -0.2) is 4.39 Å². The van der Waals surface area contributed by atoms with E-state index in [4.69, 9.17) is 27.5 Å². The summed E-state index contributed by atoms with van der Waals surface area (Å²) in [5.74, 6) is -6.90. The van der Waals surface area contributed by atoms with E-state index in [1.165, 1.54) is 0 Å². The summed E-state index contributed by atoms with van der Waals surface area (Å²) in [7, 11) is 0. The zero-order chi connectivity index (χ0) is 12.5. The van der Waals surface area contributed by atoms with Gasteiger partial charge in [0.2, 0.25) is 5.82 Å². The number of aliphatic carboxylic acids is 1. The molecule has 0 aliphatic rings. The highest BCUT2D eigenvalue weighted by Gasteiger charge is 2.26. The minimum Gasteiger partial charge on any atom is -0.504 e. The molecule has 1 aromatic rings. The average Bonchev–Trinajstić information content (AvgIpc) is 2.23. The monoisotopic (exact) mass is 251 g/mol. The van der Waals surface area contributed by atoms with Crippen molar-refractivity contribution in [1.29, 1.82) is 0 Å². The van der Waals surface area contributed by atoms with E-state index in [9.17, 15) is 13.6 Å². The average molecular weight is 252 g/mol. The second-order valence-corrected chi connectivity index (χ2v) is 3.46. The maximum Gasteiger partial charge on any atom is 0.312 e. The minimum atomic E-state index is -1.58. The molecular weight excluding hydrogens is 244 g/mol. The molecule has 4 nitrogen and oxygen atoms in total. The lowest BCUT2D eigenvalue weighted by Gasteiger charge is -2.12. The molecule has 7 heteroatoms. The molecule has 88 valence electrons. The lowest BCUT2D eigenvalue weighted by molar-refractivity contribution is -0.138. The van der Waals surface area contributed by atoms with Crippen molar-refractivity contribution in [3.05, 3.63) is 28.3 Å². The molecule has 0 aliphatic heterocycles. The fraction of sp³-hybridized carbons (Fsp3) is 0.222. The SMILES string of the molecule is NCC(C(=O)O)c1cc(Cl)c(O)c(F)c1F. The number of halogens is 3. The van der Waals surface area contributed by atoms with Gasteiger partial charge in [-0.2, -0.15) is 4.39 Å². The van der Waals surface area contributed by atoms with Crippen LogP contribution in [0.25, 0.3) is 0 Å². The summed E-state index contributed by atoms with van der Waals surface area (Å²) in [6.07, 6.45) is 0. The van der Waals surface area contributed by atoms with Gasteiger partial charge in [0.15, 0.2) is 11.6 Å². The maximum absolute atomic E-state index is 13.3. The molecule has 0 bridgehead atoms. The highest BCUT2D eigenvalue weighted by atomic mass is 35.5. The Bertz CT molecular complexity index is 439. The summed E-state index contributed by atoms with van der Waals surface area (Å²) in [6.45, 7) is -0.410. The Kier molecular flexibility index (Phi) is 3.66. The van der Waals surface area contributed by atoms with Crippen LogP contribution in [0.1, 0.15) is 11.5 Å². The van der Waals surface area contributed by atoms with E-state index in [0.29, 0.717) is 0 Å². The predicted molar refractivity (Wildman–Crippen MR) is 52.5 cm³/mol. The van der Waals surface area contributed by atoms with Crippen molar-refractivity contribution in [2.24, 2.45) is 5.73 Å². The zero-order valence-electron chi connectivity index (χ0n) is 7.88. The van der Waals surface area contributed by atoms with Crippen molar-refractivity contribution < 1.29 is 23.8 Å². The van der Waals surface area contributed by atoms with Crippen molar-refractivity contribution >= 4 is 17.6 Å². The topological polar surface area (TPSA) is 83.6 Å². The third-order valence-electron chi connectivity index (χ3n) is 2.07. The van der Waals surface area contributed by atoms with E-state index >= 15 is 0 Å². The van der Waals surface area contributed by atoms with Gasteiger partial charge in [0.25, 0.3) is 0 Å². The first-order valence-corrected chi connectivity index (χ1v) is 4.57. The highest BCUT2D eigenvalue weighted by molar-refractivity contribution is 6.32. The van der Waals surface area contributed by atoms with Crippen LogP contribution >= 0.6 is 11.6 Å². The van der Waals surface area contributed by atoms with Crippen LogP contribution < -0.4 is 5.73 Å². The molecule has 0 fully saturated rings. The minimum absolute atomic E-state index is 0.410. The van der Waals surface area contributed by atoms with Gasteiger partial charge < -0.3 is 15.9 Å². The lowest BCUT2D eigenvalue weighted by Crippen LogP contribution is -2.22. The largest absolute Gasteiger partial charge is 0.504 e. The molecule has 0 aliphatic carbocycles. The molecule has 1 aromatic carbocycles. The number of aromatic hydroxyl groups is 1. The van der Waals surface area contributed by atoms with E-state index in [1.807, 2.05) is 0 Å². The van der Waals surface area contributed by atoms with E-state index in [0.717, 1.165) is 6.07 Å². The number of benzene rings is 1. The molecule has 4 N–H and O–H groups in total. The Labute approximate surface area is 94.3 Å². The van der Waals surface area contributed by atoms with E-state index in [2.05, 4.69) is 0 Å². The van der Waals surface area contributed by atoms with Gasteiger partial charge in [0, 0.05) is 12.1 Å². The summed E-state index contributed by atoms with van der Waals surface area (Å²) in [4.78, 5) is 10.7. The number of hydrogen-bond donors (Lipinski definition) is 3. The van der Waals surface area contributed by atoms with E-state index < -0.39 is 46.4 Å². The number of carboxylic acids is 1. The van der Waals surface area contributed by atoms with Gasteiger partial charge in [-0.15, -0.1) is 0 Å². The number of carboxylic acid groups (broad SMARTS) is 1. The molecule has 0 heterocycles. The molecule has 1 unspecified atom stereocenters. The molecule has 0 aromatic heterocycles. The summed E-state index contributed by atoms with van der Waals surface area (Å²) < 4.78 is 26.4. The third kappa shape index (κ3) is 2.07. The van der Waals surface area contributed by atoms with Crippen LogP contribution in [0.2, 0.25) is 5.02 Å². The second-order valence-electron chi connectivity index (χ2n) is 3.05. The molecule has 1 rings (SSSR count). The van der Waals surface area contributed by atoms with Crippen LogP contribution in [0.15, 0.2) is 6.07 Å². The maximum atomic E-state index is 13.3. The van der Waals surface area contributed by atoms with Gasteiger partial charge in [-0.3, -0.25) is 4.79 Å². The number of rotatable bonds is 3. The Balaban J connectivity index is 3.39. The molecule has 1 atom stereocenters. The Morgan fingerprint density at radius 2 is 2.06 bits per heavy atom. The number of phenols is 1. The molecule has 0 radical (unpaired) electrons. The summed E-state index contributed by atoms with van der Waals surface area (Å²) >= 11 is 5.41. The first-order chi connectivity index (χ1) is 7.40. The van der Waals surface area contributed by atoms with Crippen LogP contribution in [-0.4, -0.2) is 22.7 Å². The summed E-state index contributed by atoms with van der Waals surface area (Å²) in [6, 6.07) is 0.848. The van der Waals surface area contributed by atoms with Gasteiger partial charge >= 0.3 is 5.97 Å². The number of hydrogen-bond acceptors (Lipinski definition) is 3. The van der Waals surface area contributed by atoms with Gasteiger partial charge in [-0.05, 0) is 6.07 Å². The number of phenolic OH excluding ortho intramolecular Hbond substituents is 1. The first kappa shape index (κ1) is 12.7. The Morgan fingerprint density at radius 3 is 2.50 bits per heavy atom. The van der Waals surface area contributed by atoms with E-state index in [-0.39, 0.29) is 0 Å². The van der Waals surface area contributed by atoms with Crippen molar-refractivity contribution in [1.82, 2.24) is 0 Å². The normalized spacial score (nSPS) is 12.5. The molecule has 0 amide bonds. The highest BCUT2D eigenvalue weighted by Crippen LogP contribution is 2.33. The standard InChI is InChI=1S/C9H8ClF2NO3/c10-5-1-3(4(2-13)9(15)16)6(11)7(12)8(5)14/h1,4,14H,2,13H2,(H,15,16). The number of nitrogens with two attached hydrogens (primary N) is 1. The fourth-order valence-electron chi connectivity index (χ4n) is 1.22. The molecule has 0 spiro atoms.